The average Bonchev–Trinajstić information content (AvgIpc) is 2.62. The van der Waals surface area contributed by atoms with E-state index in [0.717, 1.165) is 0 Å². The number of hydrogen-bond acceptors (Lipinski definition) is 4. The Balaban J connectivity index is 2.19. The van der Waals surface area contributed by atoms with Crippen molar-refractivity contribution in [1.82, 2.24) is 9.21 Å². The maximum absolute atomic E-state index is 12.7. The second-order valence-corrected chi connectivity index (χ2v) is 8.02. The molecule has 138 valence electrons. The topological polar surface area (TPSA) is 101 Å². The van der Waals surface area contributed by atoms with Crippen LogP contribution in [-0.2, 0) is 14.8 Å². The quantitative estimate of drug-likeness (QED) is 0.812. The van der Waals surface area contributed by atoms with Crippen LogP contribution < -0.4 is 5.73 Å². The van der Waals surface area contributed by atoms with Gasteiger partial charge in [-0.3, -0.25) is 9.59 Å². The molecule has 0 aliphatic carbocycles. The normalized spacial score (nSPS) is 16.2. The van der Waals surface area contributed by atoms with Crippen molar-refractivity contribution in [1.29, 1.82) is 0 Å². The highest BCUT2D eigenvalue weighted by Gasteiger charge is 2.28. The van der Waals surface area contributed by atoms with Crippen LogP contribution in [0.25, 0.3) is 0 Å². The lowest BCUT2D eigenvalue weighted by molar-refractivity contribution is -0.123. The number of rotatable bonds is 6. The van der Waals surface area contributed by atoms with Gasteiger partial charge in [0.15, 0.2) is 0 Å². The van der Waals surface area contributed by atoms with Crippen molar-refractivity contribution in [3.63, 3.8) is 0 Å². The minimum absolute atomic E-state index is 0.120. The fourth-order valence-electron chi connectivity index (χ4n) is 3.05. The van der Waals surface area contributed by atoms with Crippen LogP contribution in [0.1, 0.15) is 37.0 Å². The average molecular weight is 367 g/mol. The molecule has 1 aromatic rings. The number of sulfonamides is 1. The molecule has 2 N–H and O–H groups in total. The van der Waals surface area contributed by atoms with Gasteiger partial charge in [-0.05, 0) is 31.0 Å². The van der Waals surface area contributed by atoms with Crippen LogP contribution in [0.3, 0.4) is 0 Å². The van der Waals surface area contributed by atoms with Crippen molar-refractivity contribution < 1.29 is 18.0 Å². The third kappa shape index (κ3) is 4.19. The Hall–Kier alpha value is -1.93. The maximum atomic E-state index is 12.7. The SMILES string of the molecule is CCN(CC)S(=O)(=O)c1cccc(C(=O)N2CCC(C(N)=O)CC2)c1. The molecule has 1 aliphatic rings. The zero-order valence-electron chi connectivity index (χ0n) is 14.6. The highest BCUT2D eigenvalue weighted by molar-refractivity contribution is 7.89. The van der Waals surface area contributed by atoms with Crippen LogP contribution in [0.15, 0.2) is 29.2 Å². The molecule has 1 fully saturated rings. The molecular formula is C17H25N3O4S. The summed E-state index contributed by atoms with van der Waals surface area (Å²) in [5.41, 5.74) is 5.65. The number of hydrogen-bond donors (Lipinski definition) is 1. The van der Waals surface area contributed by atoms with Gasteiger partial charge in [-0.15, -0.1) is 0 Å². The van der Waals surface area contributed by atoms with Gasteiger partial charge in [0.25, 0.3) is 5.91 Å². The lowest BCUT2D eigenvalue weighted by Crippen LogP contribution is -2.41. The minimum atomic E-state index is -3.61. The standard InChI is InChI=1S/C17H25N3O4S/c1-3-20(4-2)25(23,24)15-7-5-6-14(12-15)17(22)19-10-8-13(9-11-19)16(18)21/h5-7,12-13H,3-4,8-11H2,1-2H3,(H2,18,21). The molecule has 2 rings (SSSR count). The first-order valence-electron chi connectivity index (χ1n) is 8.50. The van der Waals surface area contributed by atoms with E-state index in [4.69, 9.17) is 5.73 Å². The first-order valence-corrected chi connectivity index (χ1v) is 9.94. The Morgan fingerprint density at radius 3 is 2.32 bits per heavy atom. The lowest BCUT2D eigenvalue weighted by Gasteiger charge is -2.30. The number of benzene rings is 1. The van der Waals surface area contributed by atoms with Gasteiger partial charge in [-0.25, -0.2) is 8.42 Å². The van der Waals surface area contributed by atoms with Gasteiger partial charge in [0.1, 0.15) is 0 Å². The molecular weight excluding hydrogens is 342 g/mol. The van der Waals surface area contributed by atoms with E-state index in [1.807, 2.05) is 0 Å². The molecule has 1 aliphatic heterocycles. The third-order valence-electron chi connectivity index (χ3n) is 4.61. The van der Waals surface area contributed by atoms with Gasteiger partial charge >= 0.3 is 0 Å². The maximum Gasteiger partial charge on any atom is 0.253 e. The molecule has 1 aromatic carbocycles. The van der Waals surface area contributed by atoms with E-state index in [0.29, 0.717) is 44.6 Å². The summed E-state index contributed by atoms with van der Waals surface area (Å²) < 4.78 is 26.6. The second kappa shape index (κ2) is 7.97. The summed E-state index contributed by atoms with van der Waals surface area (Å²) >= 11 is 0. The number of nitrogens with zero attached hydrogens (tertiary/aromatic N) is 2. The zero-order chi connectivity index (χ0) is 18.6. The molecule has 8 heteroatoms. The van der Waals surface area contributed by atoms with Crippen LogP contribution in [0.4, 0.5) is 0 Å². The number of carbonyl (C=O) groups is 2. The molecule has 1 saturated heterocycles. The molecule has 2 amide bonds. The number of carbonyl (C=O) groups excluding carboxylic acids is 2. The van der Waals surface area contributed by atoms with Gasteiger partial charge in [0.05, 0.1) is 4.90 Å². The summed E-state index contributed by atoms with van der Waals surface area (Å²) in [7, 11) is -3.61. The molecule has 0 spiro atoms. The number of amides is 2. The summed E-state index contributed by atoms with van der Waals surface area (Å²) in [6.07, 6.45) is 1.08. The molecule has 0 bridgehead atoms. The highest BCUT2D eigenvalue weighted by Crippen LogP contribution is 2.21. The first-order chi connectivity index (χ1) is 11.8. The van der Waals surface area contributed by atoms with E-state index >= 15 is 0 Å². The van der Waals surface area contributed by atoms with Crippen molar-refractivity contribution in [2.75, 3.05) is 26.2 Å². The van der Waals surface area contributed by atoms with Gasteiger partial charge in [-0.2, -0.15) is 4.31 Å². The number of likely N-dealkylation sites (tertiary alicyclic amines) is 1. The molecule has 25 heavy (non-hydrogen) atoms. The molecule has 0 saturated carbocycles. The number of piperidine rings is 1. The summed E-state index contributed by atoms with van der Waals surface area (Å²) in [5.74, 6) is -0.752. The summed E-state index contributed by atoms with van der Waals surface area (Å²) in [6, 6.07) is 6.13. The van der Waals surface area contributed by atoms with Gasteiger partial charge < -0.3 is 10.6 Å². The smallest absolute Gasteiger partial charge is 0.253 e. The van der Waals surface area contributed by atoms with Crippen LogP contribution in [0.2, 0.25) is 0 Å². The third-order valence-corrected chi connectivity index (χ3v) is 6.65. The Morgan fingerprint density at radius 2 is 1.80 bits per heavy atom. The Labute approximate surface area is 148 Å². The fourth-order valence-corrected chi connectivity index (χ4v) is 4.56. The highest BCUT2D eigenvalue weighted by atomic mass is 32.2. The molecule has 0 aromatic heterocycles. The van der Waals surface area contributed by atoms with Crippen LogP contribution >= 0.6 is 0 Å². The van der Waals surface area contributed by atoms with Crippen molar-refractivity contribution >= 4 is 21.8 Å². The fraction of sp³-hybridized carbons (Fsp3) is 0.529. The Morgan fingerprint density at radius 1 is 1.20 bits per heavy atom. The van der Waals surface area contributed by atoms with Crippen molar-refractivity contribution in [2.45, 2.75) is 31.6 Å². The Bertz CT molecular complexity index is 736. The summed E-state index contributed by atoms with van der Waals surface area (Å²) in [4.78, 5) is 25.7. The molecule has 7 nitrogen and oxygen atoms in total. The summed E-state index contributed by atoms with van der Waals surface area (Å²) in [6.45, 7) is 5.19. The summed E-state index contributed by atoms with van der Waals surface area (Å²) in [5, 5.41) is 0. The second-order valence-electron chi connectivity index (χ2n) is 6.09. The number of primary amides is 1. The van der Waals surface area contributed by atoms with Gasteiger partial charge in [0.2, 0.25) is 15.9 Å². The molecule has 0 unspecified atom stereocenters. The molecule has 1 heterocycles. The van der Waals surface area contributed by atoms with E-state index < -0.39 is 10.0 Å². The van der Waals surface area contributed by atoms with E-state index in [2.05, 4.69) is 0 Å². The first kappa shape index (κ1) is 19.4. The monoisotopic (exact) mass is 367 g/mol. The van der Waals surface area contributed by atoms with E-state index in [1.165, 1.54) is 16.4 Å². The van der Waals surface area contributed by atoms with Crippen LogP contribution in [-0.4, -0.2) is 55.6 Å². The van der Waals surface area contributed by atoms with E-state index in [9.17, 15) is 18.0 Å². The predicted octanol–water partition coefficient (Wildman–Crippen LogP) is 1.05. The predicted molar refractivity (Wildman–Crippen MR) is 94.4 cm³/mol. The van der Waals surface area contributed by atoms with E-state index in [1.54, 1.807) is 30.9 Å². The van der Waals surface area contributed by atoms with E-state index in [-0.39, 0.29) is 22.6 Å². The number of nitrogens with two attached hydrogens (primary N) is 1. The van der Waals surface area contributed by atoms with Gasteiger partial charge in [0, 0.05) is 37.7 Å². The zero-order valence-corrected chi connectivity index (χ0v) is 15.5. The minimum Gasteiger partial charge on any atom is -0.369 e. The van der Waals surface area contributed by atoms with Crippen LogP contribution in [0.5, 0.6) is 0 Å². The van der Waals surface area contributed by atoms with Crippen LogP contribution in [0, 0.1) is 5.92 Å². The lowest BCUT2D eigenvalue weighted by atomic mass is 9.96. The van der Waals surface area contributed by atoms with Crippen molar-refractivity contribution in [2.24, 2.45) is 11.7 Å². The molecule has 0 atom stereocenters. The Kier molecular flexibility index (Phi) is 6.18. The largest absolute Gasteiger partial charge is 0.369 e. The van der Waals surface area contributed by atoms with Crippen molar-refractivity contribution in [3.05, 3.63) is 29.8 Å². The molecule has 0 radical (unpaired) electrons. The van der Waals surface area contributed by atoms with Crippen molar-refractivity contribution in [3.8, 4) is 0 Å². The van der Waals surface area contributed by atoms with Gasteiger partial charge in [-0.1, -0.05) is 19.9 Å².